The van der Waals surface area contributed by atoms with E-state index in [1.807, 2.05) is 6.07 Å². The van der Waals surface area contributed by atoms with Crippen molar-refractivity contribution in [1.29, 1.82) is 0 Å². The average molecular weight is 428 g/mol. The van der Waals surface area contributed by atoms with E-state index in [1.165, 1.54) is 4.90 Å². The molecule has 0 unspecified atom stereocenters. The zero-order chi connectivity index (χ0) is 21.3. The lowest BCUT2D eigenvalue weighted by molar-refractivity contribution is -0.133. The standard InChI is InChI=1S/C22H22ClN3O4/c1-30-17-7-4-6-15(13-17)19(27)25-11-9-22(10-12-25)20(28)26(21(29)24-22)14-16-5-2-3-8-18(16)23/h2-8,13H,9-12,14H2,1H3,(H,24,29). The number of piperidine rings is 1. The van der Waals surface area contributed by atoms with E-state index in [2.05, 4.69) is 5.32 Å². The smallest absolute Gasteiger partial charge is 0.325 e. The summed E-state index contributed by atoms with van der Waals surface area (Å²) < 4.78 is 5.19. The van der Waals surface area contributed by atoms with Crippen LogP contribution in [-0.4, -0.2) is 53.4 Å². The molecule has 1 N–H and O–H groups in total. The van der Waals surface area contributed by atoms with Gasteiger partial charge in [-0.25, -0.2) is 4.79 Å². The quantitative estimate of drug-likeness (QED) is 0.760. The van der Waals surface area contributed by atoms with Crippen LogP contribution in [-0.2, 0) is 11.3 Å². The number of hydrogen-bond donors (Lipinski definition) is 1. The second kappa shape index (κ2) is 7.99. The van der Waals surface area contributed by atoms with E-state index in [9.17, 15) is 14.4 Å². The molecule has 2 aliphatic heterocycles. The summed E-state index contributed by atoms with van der Waals surface area (Å²) in [5.74, 6) is 0.233. The first-order chi connectivity index (χ1) is 14.4. The summed E-state index contributed by atoms with van der Waals surface area (Å²) in [6, 6.07) is 13.7. The van der Waals surface area contributed by atoms with Gasteiger partial charge in [0.1, 0.15) is 11.3 Å². The number of likely N-dealkylation sites (tertiary alicyclic amines) is 1. The Hall–Kier alpha value is -3.06. The van der Waals surface area contributed by atoms with Crippen molar-refractivity contribution in [2.45, 2.75) is 24.9 Å². The number of carbonyl (C=O) groups excluding carboxylic acids is 3. The first kappa shape index (κ1) is 20.2. The van der Waals surface area contributed by atoms with Crippen LogP contribution in [0.4, 0.5) is 4.79 Å². The molecule has 2 saturated heterocycles. The molecular formula is C22H22ClN3O4. The Morgan fingerprint density at radius 3 is 2.57 bits per heavy atom. The number of rotatable bonds is 4. The number of urea groups is 1. The van der Waals surface area contributed by atoms with Gasteiger partial charge in [0.05, 0.1) is 13.7 Å². The van der Waals surface area contributed by atoms with Crippen molar-refractivity contribution in [2.75, 3.05) is 20.2 Å². The van der Waals surface area contributed by atoms with Gasteiger partial charge in [0.15, 0.2) is 0 Å². The SMILES string of the molecule is COc1cccc(C(=O)N2CCC3(CC2)NC(=O)N(Cc2ccccc2Cl)C3=O)c1. The predicted octanol–water partition coefficient (Wildman–Crippen LogP) is 3.08. The third-order valence-electron chi connectivity index (χ3n) is 5.75. The maximum atomic E-state index is 13.1. The van der Waals surface area contributed by atoms with Gasteiger partial charge < -0.3 is 15.0 Å². The minimum absolute atomic E-state index is 0.117. The van der Waals surface area contributed by atoms with E-state index in [0.717, 1.165) is 0 Å². The van der Waals surface area contributed by atoms with Crippen molar-refractivity contribution < 1.29 is 19.1 Å². The van der Waals surface area contributed by atoms with Crippen LogP contribution in [0, 0.1) is 0 Å². The van der Waals surface area contributed by atoms with Crippen LogP contribution in [0.2, 0.25) is 5.02 Å². The molecule has 0 aromatic heterocycles. The van der Waals surface area contributed by atoms with Gasteiger partial charge in [-0.2, -0.15) is 0 Å². The normalized spacial score (nSPS) is 17.9. The van der Waals surface area contributed by atoms with Crippen molar-refractivity contribution in [3.05, 3.63) is 64.7 Å². The van der Waals surface area contributed by atoms with E-state index in [1.54, 1.807) is 54.5 Å². The van der Waals surface area contributed by atoms with Crippen LogP contribution >= 0.6 is 11.6 Å². The molecular weight excluding hydrogens is 406 g/mol. The summed E-state index contributed by atoms with van der Waals surface area (Å²) in [4.78, 5) is 41.4. The third kappa shape index (κ3) is 3.61. The number of benzene rings is 2. The number of ether oxygens (including phenoxy) is 1. The molecule has 4 amide bonds. The number of hydrogen-bond acceptors (Lipinski definition) is 4. The molecule has 0 aliphatic carbocycles. The monoisotopic (exact) mass is 427 g/mol. The molecule has 8 heteroatoms. The van der Waals surface area contributed by atoms with Crippen LogP contribution < -0.4 is 10.1 Å². The average Bonchev–Trinajstić information content (AvgIpc) is 2.99. The van der Waals surface area contributed by atoms with Gasteiger partial charge in [-0.1, -0.05) is 35.9 Å². The Morgan fingerprint density at radius 1 is 1.13 bits per heavy atom. The fraction of sp³-hybridized carbons (Fsp3) is 0.318. The molecule has 2 aromatic rings. The third-order valence-corrected chi connectivity index (χ3v) is 6.12. The van der Waals surface area contributed by atoms with Crippen molar-refractivity contribution in [3.8, 4) is 5.75 Å². The predicted molar refractivity (Wildman–Crippen MR) is 111 cm³/mol. The van der Waals surface area contributed by atoms with Gasteiger partial charge in [-0.05, 0) is 42.7 Å². The zero-order valence-corrected chi connectivity index (χ0v) is 17.3. The molecule has 1 spiro atoms. The molecule has 2 aromatic carbocycles. The van der Waals surface area contributed by atoms with Gasteiger partial charge in [-0.3, -0.25) is 14.5 Å². The molecule has 0 saturated carbocycles. The minimum atomic E-state index is -0.969. The van der Waals surface area contributed by atoms with Gasteiger partial charge in [-0.15, -0.1) is 0 Å². The van der Waals surface area contributed by atoms with E-state index in [-0.39, 0.29) is 18.4 Å². The van der Waals surface area contributed by atoms with E-state index >= 15 is 0 Å². The lowest BCUT2D eigenvalue weighted by Gasteiger charge is -2.37. The van der Waals surface area contributed by atoms with Crippen molar-refractivity contribution in [1.82, 2.24) is 15.1 Å². The second-order valence-electron chi connectivity index (χ2n) is 7.52. The van der Waals surface area contributed by atoms with Crippen LogP contribution in [0.3, 0.4) is 0 Å². The summed E-state index contributed by atoms with van der Waals surface area (Å²) >= 11 is 6.19. The van der Waals surface area contributed by atoms with E-state index < -0.39 is 11.6 Å². The Balaban J connectivity index is 1.45. The minimum Gasteiger partial charge on any atom is -0.497 e. The highest BCUT2D eigenvalue weighted by atomic mass is 35.5. The number of nitrogens with one attached hydrogen (secondary N) is 1. The fourth-order valence-electron chi connectivity index (χ4n) is 3.99. The first-order valence-corrected chi connectivity index (χ1v) is 10.1. The van der Waals surface area contributed by atoms with Gasteiger partial charge in [0.2, 0.25) is 0 Å². The van der Waals surface area contributed by atoms with Gasteiger partial charge >= 0.3 is 6.03 Å². The second-order valence-corrected chi connectivity index (χ2v) is 7.93. The van der Waals surface area contributed by atoms with Gasteiger partial charge in [0.25, 0.3) is 11.8 Å². The molecule has 0 bridgehead atoms. The van der Waals surface area contributed by atoms with Crippen molar-refractivity contribution >= 4 is 29.4 Å². The number of carbonyl (C=O) groups is 3. The summed E-state index contributed by atoms with van der Waals surface area (Å²) in [7, 11) is 1.55. The highest BCUT2D eigenvalue weighted by Gasteiger charge is 2.52. The molecule has 2 heterocycles. The van der Waals surface area contributed by atoms with Crippen LogP contribution in [0.5, 0.6) is 5.75 Å². The molecule has 30 heavy (non-hydrogen) atoms. The Kier molecular flexibility index (Phi) is 5.39. The molecule has 2 fully saturated rings. The Morgan fingerprint density at radius 2 is 1.87 bits per heavy atom. The molecule has 156 valence electrons. The number of halogens is 1. The highest BCUT2D eigenvalue weighted by Crippen LogP contribution is 2.32. The van der Waals surface area contributed by atoms with Crippen molar-refractivity contribution in [2.24, 2.45) is 0 Å². The number of imide groups is 1. The van der Waals surface area contributed by atoms with Gasteiger partial charge in [0, 0.05) is 23.7 Å². The maximum absolute atomic E-state index is 13.1. The largest absolute Gasteiger partial charge is 0.497 e. The van der Waals surface area contributed by atoms with E-state index in [0.29, 0.717) is 47.8 Å². The molecule has 0 radical (unpaired) electrons. The number of nitrogens with zero attached hydrogens (tertiary/aromatic N) is 2. The summed E-state index contributed by atoms with van der Waals surface area (Å²) in [6.45, 7) is 0.878. The summed E-state index contributed by atoms with van der Waals surface area (Å²) in [6.07, 6.45) is 0.735. The number of amides is 4. The lowest BCUT2D eigenvalue weighted by Crippen LogP contribution is -2.55. The van der Waals surface area contributed by atoms with E-state index in [4.69, 9.17) is 16.3 Å². The summed E-state index contributed by atoms with van der Waals surface area (Å²) in [5.41, 5.74) is 0.279. The highest BCUT2D eigenvalue weighted by molar-refractivity contribution is 6.31. The lowest BCUT2D eigenvalue weighted by atomic mass is 9.87. The Labute approximate surface area is 179 Å². The first-order valence-electron chi connectivity index (χ1n) is 9.74. The number of methoxy groups -OCH3 is 1. The van der Waals surface area contributed by atoms with Crippen LogP contribution in [0.1, 0.15) is 28.8 Å². The van der Waals surface area contributed by atoms with Crippen LogP contribution in [0.15, 0.2) is 48.5 Å². The topological polar surface area (TPSA) is 79.0 Å². The molecule has 4 rings (SSSR count). The Bertz CT molecular complexity index is 1000. The van der Waals surface area contributed by atoms with Crippen LogP contribution in [0.25, 0.3) is 0 Å². The molecule has 7 nitrogen and oxygen atoms in total. The summed E-state index contributed by atoms with van der Waals surface area (Å²) in [5, 5.41) is 3.37. The van der Waals surface area contributed by atoms with Crippen molar-refractivity contribution in [3.63, 3.8) is 0 Å². The fourth-order valence-corrected chi connectivity index (χ4v) is 4.18. The molecule has 2 aliphatic rings. The maximum Gasteiger partial charge on any atom is 0.325 e. The molecule has 0 atom stereocenters. The zero-order valence-electron chi connectivity index (χ0n) is 16.6.